The Balaban J connectivity index is 2.69. The van der Waals surface area contributed by atoms with Crippen LogP contribution in [-0.4, -0.2) is 28.2 Å². The van der Waals surface area contributed by atoms with Crippen molar-refractivity contribution in [3.63, 3.8) is 0 Å². The molecule has 0 bridgehead atoms. The van der Waals surface area contributed by atoms with Crippen molar-refractivity contribution >= 4 is 29.3 Å². The number of hydrogen-bond acceptors (Lipinski definition) is 4. The fourth-order valence-corrected chi connectivity index (χ4v) is 2.03. The van der Waals surface area contributed by atoms with Gasteiger partial charge in [-0.1, -0.05) is 30.3 Å². The van der Waals surface area contributed by atoms with E-state index in [1.54, 1.807) is 0 Å². The average molecular weight is 314 g/mol. The molecular formula is C10H11ClF3N3OS. The Bertz CT molecular complexity index is 456. The van der Waals surface area contributed by atoms with Crippen LogP contribution in [0.4, 0.5) is 13.2 Å². The lowest BCUT2D eigenvalue weighted by molar-refractivity contribution is -0.145. The lowest BCUT2D eigenvalue weighted by Gasteiger charge is -2.07. The van der Waals surface area contributed by atoms with Gasteiger partial charge in [-0.15, -0.1) is 0 Å². The van der Waals surface area contributed by atoms with Crippen molar-refractivity contribution in [3.05, 3.63) is 17.0 Å². The van der Waals surface area contributed by atoms with Gasteiger partial charge < -0.3 is 5.32 Å². The summed E-state index contributed by atoms with van der Waals surface area (Å²) >= 11 is 6.37. The molecule has 4 nitrogen and oxygen atoms in total. The molecule has 106 valence electrons. The molecule has 9 heteroatoms. The predicted octanol–water partition coefficient (Wildman–Crippen LogP) is 2.77. The van der Waals surface area contributed by atoms with Crippen LogP contribution in [0.25, 0.3) is 0 Å². The van der Waals surface area contributed by atoms with Gasteiger partial charge in [0.25, 0.3) is 0 Å². The number of alkyl halides is 3. The fraction of sp³-hybridized carbons (Fsp3) is 0.500. The summed E-state index contributed by atoms with van der Waals surface area (Å²) in [6.07, 6.45) is -3.88. The molecule has 0 radical (unpaired) electrons. The zero-order valence-electron chi connectivity index (χ0n) is 9.92. The Morgan fingerprint density at radius 3 is 2.74 bits per heavy atom. The molecular weight excluding hydrogens is 303 g/mol. The second kappa shape index (κ2) is 6.95. The van der Waals surface area contributed by atoms with Crippen LogP contribution in [0, 0.1) is 0 Å². The standard InChI is InChI=1S/C10H11ClF3N3OS/c1-2-3-15-7(18)5-19-8-4-6(11)16-9(17-8)10(12,13)14/h4H,2-3,5H2,1H3,(H,15,18). The highest BCUT2D eigenvalue weighted by molar-refractivity contribution is 7.99. The summed E-state index contributed by atoms with van der Waals surface area (Å²) in [6, 6.07) is 1.19. The summed E-state index contributed by atoms with van der Waals surface area (Å²) in [5.74, 6) is -1.60. The molecule has 0 saturated heterocycles. The van der Waals surface area contributed by atoms with Crippen LogP contribution < -0.4 is 5.32 Å². The van der Waals surface area contributed by atoms with E-state index in [9.17, 15) is 18.0 Å². The van der Waals surface area contributed by atoms with Crippen LogP contribution in [0.5, 0.6) is 0 Å². The topological polar surface area (TPSA) is 54.9 Å². The van der Waals surface area contributed by atoms with Crippen molar-refractivity contribution in [2.45, 2.75) is 24.5 Å². The number of hydrogen-bond donors (Lipinski definition) is 1. The van der Waals surface area contributed by atoms with Gasteiger partial charge in [0.2, 0.25) is 11.7 Å². The number of nitrogens with one attached hydrogen (secondary N) is 1. The maximum atomic E-state index is 12.4. The molecule has 1 amide bonds. The Kier molecular flexibility index (Phi) is 5.86. The molecule has 1 N–H and O–H groups in total. The molecule has 0 saturated carbocycles. The van der Waals surface area contributed by atoms with Gasteiger partial charge in [0.15, 0.2) is 0 Å². The quantitative estimate of drug-likeness (QED) is 0.671. The highest BCUT2D eigenvalue weighted by Gasteiger charge is 2.35. The Morgan fingerprint density at radius 2 is 2.16 bits per heavy atom. The molecule has 0 unspecified atom stereocenters. The maximum absolute atomic E-state index is 12.4. The zero-order valence-corrected chi connectivity index (χ0v) is 11.5. The molecule has 0 fully saturated rings. The van der Waals surface area contributed by atoms with Crippen molar-refractivity contribution in [2.75, 3.05) is 12.3 Å². The SMILES string of the molecule is CCCNC(=O)CSc1cc(Cl)nc(C(F)(F)F)n1. The fourth-order valence-electron chi connectivity index (χ4n) is 1.05. The molecule has 1 rings (SSSR count). The van der Waals surface area contributed by atoms with Crippen molar-refractivity contribution < 1.29 is 18.0 Å². The number of thioether (sulfide) groups is 1. The Hall–Kier alpha value is -1.02. The first-order valence-electron chi connectivity index (χ1n) is 5.34. The summed E-state index contributed by atoms with van der Waals surface area (Å²) in [7, 11) is 0. The summed E-state index contributed by atoms with van der Waals surface area (Å²) in [6.45, 7) is 2.42. The van der Waals surface area contributed by atoms with Crippen LogP contribution in [0.2, 0.25) is 5.15 Å². The third-order valence-electron chi connectivity index (χ3n) is 1.85. The third-order valence-corrected chi connectivity index (χ3v) is 2.95. The van der Waals surface area contributed by atoms with Gasteiger partial charge in [0, 0.05) is 12.6 Å². The van der Waals surface area contributed by atoms with Crippen LogP contribution in [0.1, 0.15) is 19.2 Å². The molecule has 0 aliphatic carbocycles. The van der Waals surface area contributed by atoms with Gasteiger partial charge in [-0.25, -0.2) is 9.97 Å². The van der Waals surface area contributed by atoms with E-state index in [1.165, 1.54) is 6.07 Å². The highest BCUT2D eigenvalue weighted by atomic mass is 35.5. The minimum atomic E-state index is -4.66. The molecule has 1 heterocycles. The minimum absolute atomic E-state index is 0.0129. The first-order chi connectivity index (χ1) is 8.82. The van der Waals surface area contributed by atoms with Gasteiger partial charge in [-0.3, -0.25) is 4.79 Å². The van der Waals surface area contributed by atoms with Crippen molar-refractivity contribution in [2.24, 2.45) is 0 Å². The number of carbonyl (C=O) groups is 1. The lowest BCUT2D eigenvalue weighted by Crippen LogP contribution is -2.25. The third kappa shape index (κ3) is 5.65. The normalized spacial score (nSPS) is 11.4. The summed E-state index contributed by atoms with van der Waals surface area (Å²) in [5, 5.41) is 2.31. The molecule has 0 aromatic carbocycles. The number of rotatable bonds is 5. The molecule has 1 aromatic heterocycles. The highest BCUT2D eigenvalue weighted by Crippen LogP contribution is 2.29. The molecule has 19 heavy (non-hydrogen) atoms. The van der Waals surface area contributed by atoms with E-state index in [2.05, 4.69) is 15.3 Å². The van der Waals surface area contributed by atoms with Crippen LogP contribution in [0.3, 0.4) is 0 Å². The lowest BCUT2D eigenvalue weighted by atomic mass is 10.5. The van der Waals surface area contributed by atoms with Crippen molar-refractivity contribution in [1.82, 2.24) is 15.3 Å². The average Bonchev–Trinajstić information content (AvgIpc) is 2.32. The number of aromatic nitrogens is 2. The molecule has 0 aliphatic heterocycles. The van der Waals surface area contributed by atoms with E-state index < -0.39 is 12.0 Å². The van der Waals surface area contributed by atoms with Gasteiger partial charge in [-0.2, -0.15) is 13.2 Å². The largest absolute Gasteiger partial charge is 0.451 e. The number of amides is 1. The number of nitrogens with zero attached hydrogens (tertiary/aromatic N) is 2. The van der Waals surface area contributed by atoms with Gasteiger partial charge in [0.1, 0.15) is 10.2 Å². The van der Waals surface area contributed by atoms with Gasteiger partial charge in [0.05, 0.1) is 5.75 Å². The van der Waals surface area contributed by atoms with E-state index >= 15 is 0 Å². The molecule has 0 spiro atoms. The van der Waals surface area contributed by atoms with Gasteiger partial charge >= 0.3 is 6.18 Å². The first kappa shape index (κ1) is 16.0. The monoisotopic (exact) mass is 313 g/mol. The molecule has 0 aliphatic rings. The summed E-state index contributed by atoms with van der Waals surface area (Å²) in [4.78, 5) is 17.7. The molecule has 1 aromatic rings. The van der Waals surface area contributed by atoms with Gasteiger partial charge in [-0.05, 0) is 6.42 Å². The zero-order chi connectivity index (χ0) is 14.5. The van der Waals surface area contributed by atoms with Crippen molar-refractivity contribution in [3.8, 4) is 0 Å². The second-order valence-electron chi connectivity index (χ2n) is 3.49. The van der Waals surface area contributed by atoms with Crippen LogP contribution >= 0.6 is 23.4 Å². The number of carbonyl (C=O) groups excluding carboxylic acids is 1. The second-order valence-corrected chi connectivity index (χ2v) is 4.87. The van der Waals surface area contributed by atoms with E-state index in [-0.39, 0.29) is 21.8 Å². The summed E-state index contributed by atoms with van der Waals surface area (Å²) in [5.41, 5.74) is 0. The minimum Gasteiger partial charge on any atom is -0.355 e. The smallest absolute Gasteiger partial charge is 0.355 e. The van der Waals surface area contributed by atoms with Crippen LogP contribution in [0.15, 0.2) is 11.1 Å². The maximum Gasteiger partial charge on any atom is 0.451 e. The predicted molar refractivity (Wildman–Crippen MR) is 66.1 cm³/mol. The Labute approximate surface area is 117 Å². The number of halogens is 4. The van der Waals surface area contributed by atoms with Crippen molar-refractivity contribution in [1.29, 1.82) is 0 Å². The summed E-state index contributed by atoms with van der Waals surface area (Å²) < 4.78 is 37.3. The molecule has 0 atom stereocenters. The Morgan fingerprint density at radius 1 is 1.47 bits per heavy atom. The first-order valence-corrected chi connectivity index (χ1v) is 6.70. The van der Waals surface area contributed by atoms with E-state index in [0.717, 1.165) is 18.2 Å². The van der Waals surface area contributed by atoms with Crippen LogP contribution in [-0.2, 0) is 11.0 Å². The van der Waals surface area contributed by atoms with E-state index in [4.69, 9.17) is 11.6 Å². The van der Waals surface area contributed by atoms with E-state index in [0.29, 0.717) is 6.54 Å². The van der Waals surface area contributed by atoms with E-state index in [1.807, 2.05) is 6.92 Å².